The van der Waals surface area contributed by atoms with E-state index in [1.54, 1.807) is 0 Å². The third-order valence-electron chi connectivity index (χ3n) is 7.20. The Morgan fingerprint density at radius 1 is 1.03 bits per heavy atom. The Bertz CT molecular complexity index is 1470. The quantitative estimate of drug-likeness (QED) is 0.382. The minimum absolute atomic E-state index is 0.0386. The van der Waals surface area contributed by atoms with Crippen LogP contribution >= 0.6 is 0 Å². The molecule has 0 amide bonds. The van der Waals surface area contributed by atoms with Crippen molar-refractivity contribution in [2.24, 2.45) is 5.92 Å². The lowest BCUT2D eigenvalue weighted by Gasteiger charge is -2.33. The fraction of sp³-hybridized carbons (Fsp3) is 0.444. The van der Waals surface area contributed by atoms with Crippen molar-refractivity contribution in [2.45, 2.75) is 58.3 Å². The molecule has 2 aliphatic rings. The maximum Gasteiger partial charge on any atom is 0.182 e. The van der Waals surface area contributed by atoms with Crippen LogP contribution in [-0.4, -0.2) is 49.0 Å². The zero-order chi connectivity index (χ0) is 25.7. The van der Waals surface area contributed by atoms with Crippen LogP contribution in [0.4, 0.5) is 8.78 Å². The molecule has 2 unspecified atom stereocenters. The van der Waals surface area contributed by atoms with Crippen LogP contribution < -0.4 is 0 Å². The number of hydrogen-bond donors (Lipinski definition) is 0. The van der Waals surface area contributed by atoms with Crippen molar-refractivity contribution >= 4 is 11.2 Å². The van der Waals surface area contributed by atoms with Gasteiger partial charge in [0.15, 0.2) is 5.65 Å². The smallest absolute Gasteiger partial charge is 0.182 e. The van der Waals surface area contributed by atoms with Crippen molar-refractivity contribution in [2.75, 3.05) is 13.2 Å². The van der Waals surface area contributed by atoms with Crippen LogP contribution in [-0.2, 0) is 16.0 Å². The van der Waals surface area contributed by atoms with E-state index in [0.717, 1.165) is 37.1 Å². The molecule has 4 aromatic rings. The second-order valence-corrected chi connectivity index (χ2v) is 10.1. The summed E-state index contributed by atoms with van der Waals surface area (Å²) in [7, 11) is 0. The van der Waals surface area contributed by atoms with Gasteiger partial charge in [0.25, 0.3) is 0 Å². The zero-order valence-electron chi connectivity index (χ0n) is 21.0. The Morgan fingerprint density at radius 3 is 2.59 bits per heavy atom. The molecule has 1 aromatic carbocycles. The van der Waals surface area contributed by atoms with Crippen LogP contribution in [0.2, 0.25) is 0 Å². The number of hydrogen-bond acceptors (Lipinski definition) is 7. The third-order valence-corrected chi connectivity index (χ3v) is 7.20. The van der Waals surface area contributed by atoms with Crippen molar-refractivity contribution in [3.05, 3.63) is 65.0 Å². The summed E-state index contributed by atoms with van der Waals surface area (Å²) >= 11 is 0. The van der Waals surface area contributed by atoms with E-state index in [1.165, 1.54) is 12.1 Å². The summed E-state index contributed by atoms with van der Waals surface area (Å²) in [5, 5.41) is 4.52. The molecule has 37 heavy (non-hydrogen) atoms. The molecule has 2 fully saturated rings. The molecule has 2 saturated heterocycles. The Morgan fingerprint density at radius 2 is 1.84 bits per heavy atom. The molecule has 0 bridgehead atoms. The standard InChI is InChI=1S/C27H28F2N6O2/c1-14-6-18(7-23(37-14)19-9-30-35(11-19)10-17-12-36-13-17)26-33-24(21-5-4-20(28)8-22(21)29)25-27(34-26)32-16(3)15(2)31-25/h4-5,8-9,11,14,17-18,23H,6-7,10,12-13H2,1-3H3/t14-,18?,23?/m1/s1. The van der Waals surface area contributed by atoms with Gasteiger partial charge in [-0.1, -0.05) is 0 Å². The van der Waals surface area contributed by atoms with Gasteiger partial charge in [-0.25, -0.2) is 28.7 Å². The largest absolute Gasteiger partial charge is 0.381 e. The first-order chi connectivity index (χ1) is 17.8. The van der Waals surface area contributed by atoms with E-state index in [-0.39, 0.29) is 23.7 Å². The van der Waals surface area contributed by atoms with E-state index in [0.29, 0.717) is 47.1 Å². The lowest BCUT2D eigenvalue weighted by Crippen LogP contribution is -2.31. The first-order valence-electron chi connectivity index (χ1n) is 12.6. The van der Waals surface area contributed by atoms with Crippen LogP contribution in [0.3, 0.4) is 0 Å². The minimum Gasteiger partial charge on any atom is -0.381 e. The van der Waals surface area contributed by atoms with Gasteiger partial charge in [0.1, 0.15) is 28.7 Å². The fourth-order valence-electron chi connectivity index (χ4n) is 5.05. The molecule has 6 rings (SSSR count). The average molecular weight is 507 g/mol. The van der Waals surface area contributed by atoms with Crippen LogP contribution in [0.15, 0.2) is 30.6 Å². The molecule has 5 heterocycles. The highest BCUT2D eigenvalue weighted by molar-refractivity contribution is 5.87. The van der Waals surface area contributed by atoms with Gasteiger partial charge >= 0.3 is 0 Å². The van der Waals surface area contributed by atoms with E-state index in [4.69, 9.17) is 19.4 Å². The van der Waals surface area contributed by atoms with E-state index in [9.17, 15) is 8.78 Å². The van der Waals surface area contributed by atoms with Crippen molar-refractivity contribution < 1.29 is 18.3 Å². The summed E-state index contributed by atoms with van der Waals surface area (Å²) in [6, 6.07) is 3.47. The highest BCUT2D eigenvalue weighted by Gasteiger charge is 2.33. The molecule has 192 valence electrons. The average Bonchev–Trinajstić information content (AvgIpc) is 3.30. The van der Waals surface area contributed by atoms with E-state index < -0.39 is 11.6 Å². The summed E-state index contributed by atoms with van der Waals surface area (Å²) in [6.07, 6.45) is 5.05. The Hall–Kier alpha value is -3.37. The summed E-state index contributed by atoms with van der Waals surface area (Å²) in [6.45, 7) is 8.09. The number of ether oxygens (including phenoxy) is 2. The van der Waals surface area contributed by atoms with Gasteiger partial charge in [-0.15, -0.1) is 0 Å². The first kappa shape index (κ1) is 24.0. The minimum atomic E-state index is -0.700. The number of fused-ring (bicyclic) bond motifs is 1. The first-order valence-corrected chi connectivity index (χ1v) is 12.6. The molecular formula is C27H28F2N6O2. The molecule has 0 radical (unpaired) electrons. The second kappa shape index (κ2) is 9.50. The van der Waals surface area contributed by atoms with Gasteiger partial charge in [-0.3, -0.25) is 4.68 Å². The van der Waals surface area contributed by atoms with E-state index >= 15 is 0 Å². The summed E-state index contributed by atoms with van der Waals surface area (Å²) in [5.74, 6) is -0.343. The third kappa shape index (κ3) is 4.71. The number of aromatic nitrogens is 6. The second-order valence-electron chi connectivity index (χ2n) is 10.1. The molecule has 0 saturated carbocycles. The normalized spacial score (nSPS) is 22.4. The topological polar surface area (TPSA) is 87.8 Å². The van der Waals surface area contributed by atoms with Gasteiger partial charge in [0.05, 0.1) is 43.0 Å². The maximum absolute atomic E-state index is 14.9. The van der Waals surface area contributed by atoms with E-state index in [1.807, 2.05) is 37.8 Å². The predicted octanol–water partition coefficient (Wildman–Crippen LogP) is 4.85. The van der Waals surface area contributed by atoms with E-state index in [2.05, 4.69) is 15.1 Å². The lowest BCUT2D eigenvalue weighted by atomic mass is 9.89. The number of aryl methyl sites for hydroxylation is 2. The van der Waals surface area contributed by atoms with Crippen molar-refractivity contribution in [3.63, 3.8) is 0 Å². The predicted molar refractivity (Wildman–Crippen MR) is 132 cm³/mol. The molecule has 2 aliphatic heterocycles. The van der Waals surface area contributed by atoms with Gasteiger partial charge in [-0.05, 0) is 45.7 Å². The molecular weight excluding hydrogens is 478 g/mol. The monoisotopic (exact) mass is 506 g/mol. The highest BCUT2D eigenvalue weighted by Crippen LogP contribution is 2.40. The van der Waals surface area contributed by atoms with Crippen LogP contribution in [0.1, 0.15) is 54.6 Å². The molecule has 3 aromatic heterocycles. The van der Waals surface area contributed by atoms with Gasteiger partial charge in [-0.2, -0.15) is 5.10 Å². The van der Waals surface area contributed by atoms with Crippen molar-refractivity contribution in [1.29, 1.82) is 0 Å². The molecule has 0 aliphatic carbocycles. The van der Waals surface area contributed by atoms with Gasteiger partial charge in [0.2, 0.25) is 0 Å². The lowest BCUT2D eigenvalue weighted by molar-refractivity contribution is -0.0514. The molecule has 3 atom stereocenters. The van der Waals surface area contributed by atoms with Crippen molar-refractivity contribution in [3.8, 4) is 11.3 Å². The maximum atomic E-state index is 14.9. The van der Waals surface area contributed by atoms with Gasteiger partial charge in [0, 0.05) is 41.8 Å². The summed E-state index contributed by atoms with van der Waals surface area (Å²) < 4.78 is 42.1. The van der Waals surface area contributed by atoms with Gasteiger partial charge < -0.3 is 9.47 Å². The zero-order valence-corrected chi connectivity index (χ0v) is 21.0. The SMILES string of the molecule is Cc1nc2nc(C3CC(c4cnn(CC5COC5)c4)O[C@H](C)C3)nc(-c3ccc(F)cc3F)c2nc1C. The number of nitrogens with zero attached hydrogens (tertiary/aromatic N) is 6. The van der Waals surface area contributed by atoms with Crippen molar-refractivity contribution in [1.82, 2.24) is 29.7 Å². The Kier molecular flexibility index (Phi) is 6.16. The number of halogens is 2. The van der Waals surface area contributed by atoms with Crippen LogP contribution in [0.5, 0.6) is 0 Å². The number of benzene rings is 1. The molecule has 8 nitrogen and oxygen atoms in total. The molecule has 0 spiro atoms. The highest BCUT2D eigenvalue weighted by atomic mass is 19.1. The fourth-order valence-corrected chi connectivity index (χ4v) is 5.05. The summed E-state index contributed by atoms with van der Waals surface area (Å²) in [5.41, 5.74) is 3.75. The number of rotatable bonds is 5. The van der Waals surface area contributed by atoms with Crippen LogP contribution in [0.25, 0.3) is 22.4 Å². The van der Waals surface area contributed by atoms with Crippen LogP contribution in [0, 0.1) is 31.4 Å². The summed E-state index contributed by atoms with van der Waals surface area (Å²) in [4.78, 5) is 18.9. The Labute approximate surface area is 213 Å². The Balaban J connectivity index is 1.37. The molecule has 0 N–H and O–H groups in total. The molecule has 10 heteroatoms.